The minimum atomic E-state index is -1.82. The van der Waals surface area contributed by atoms with Gasteiger partial charge in [0, 0.05) is 6.42 Å². The molecule has 0 heterocycles. The van der Waals surface area contributed by atoms with Gasteiger partial charge in [-0.2, -0.15) is 0 Å². The summed E-state index contributed by atoms with van der Waals surface area (Å²) in [6.07, 6.45) is 1.05. The van der Waals surface area contributed by atoms with Gasteiger partial charge in [0.05, 0.1) is 0 Å². The smallest absolute Gasteiger partial charge is 0.414 e. The molecule has 6 heteroatoms. The highest BCUT2D eigenvalue weighted by molar-refractivity contribution is 6.27. The summed E-state index contributed by atoms with van der Waals surface area (Å²) in [5.74, 6) is -2.72. The van der Waals surface area contributed by atoms with E-state index in [4.69, 9.17) is 24.5 Å². The molecule has 0 aliphatic carbocycles. The molecule has 0 aliphatic rings. The van der Waals surface area contributed by atoms with Gasteiger partial charge in [-0.05, 0) is 38.2 Å². The molecule has 25 heavy (non-hydrogen) atoms. The Morgan fingerprint density at radius 3 is 2.04 bits per heavy atom. The molecule has 0 amide bonds. The molecule has 1 unspecified atom stereocenters. The van der Waals surface area contributed by atoms with Crippen molar-refractivity contribution in [3.63, 3.8) is 0 Å². The van der Waals surface area contributed by atoms with Crippen molar-refractivity contribution in [3.8, 4) is 5.75 Å². The van der Waals surface area contributed by atoms with E-state index in [9.17, 15) is 0 Å². The molecule has 0 radical (unpaired) electrons. The van der Waals surface area contributed by atoms with Gasteiger partial charge in [0.2, 0.25) is 0 Å². The Hall–Kier alpha value is -2.86. The summed E-state index contributed by atoms with van der Waals surface area (Å²) in [5, 5.41) is 18.0. The third kappa shape index (κ3) is 7.99. The first kappa shape index (κ1) is 20.2. The molecule has 2 rings (SSSR count). The number of ether oxygens (including phenoxy) is 1. The maximum atomic E-state index is 9.10. The lowest BCUT2D eigenvalue weighted by atomic mass is 10.1. The Morgan fingerprint density at radius 1 is 1.00 bits per heavy atom. The minimum Gasteiger partial charge on any atom is -0.486 e. The maximum absolute atomic E-state index is 9.10. The predicted octanol–water partition coefficient (Wildman–Crippen LogP) is 2.88. The molecule has 3 N–H and O–H groups in total. The van der Waals surface area contributed by atoms with Crippen molar-refractivity contribution in [2.24, 2.45) is 0 Å². The second-order valence-electron chi connectivity index (χ2n) is 5.33. The van der Waals surface area contributed by atoms with Gasteiger partial charge in [-0.25, -0.2) is 9.59 Å². The van der Waals surface area contributed by atoms with Crippen LogP contribution >= 0.6 is 0 Å². The molecule has 6 nitrogen and oxygen atoms in total. The van der Waals surface area contributed by atoms with Gasteiger partial charge in [-0.1, -0.05) is 48.0 Å². The second-order valence-corrected chi connectivity index (χ2v) is 5.33. The van der Waals surface area contributed by atoms with E-state index < -0.39 is 11.9 Å². The SMILES string of the molecule is CNCCC(Oc1ccc(C)cc1)c1ccccc1.O=C(O)C(=O)O. The lowest BCUT2D eigenvalue weighted by Gasteiger charge is -2.19. The summed E-state index contributed by atoms with van der Waals surface area (Å²) >= 11 is 0. The Bertz CT molecular complexity index is 643. The second kappa shape index (κ2) is 10.8. The van der Waals surface area contributed by atoms with Crippen LogP contribution in [0.3, 0.4) is 0 Å². The van der Waals surface area contributed by atoms with Crippen LogP contribution in [0.25, 0.3) is 0 Å². The van der Waals surface area contributed by atoms with Gasteiger partial charge in [0.25, 0.3) is 0 Å². The van der Waals surface area contributed by atoms with Gasteiger partial charge in [0.1, 0.15) is 11.9 Å². The number of carboxylic acid groups (broad SMARTS) is 2. The molecule has 0 saturated carbocycles. The van der Waals surface area contributed by atoms with E-state index in [0.29, 0.717) is 0 Å². The number of hydrogen-bond acceptors (Lipinski definition) is 4. The molecule has 134 valence electrons. The summed E-state index contributed by atoms with van der Waals surface area (Å²) in [4.78, 5) is 18.2. The molecule has 0 bridgehead atoms. The number of carbonyl (C=O) groups is 2. The van der Waals surface area contributed by atoms with E-state index in [-0.39, 0.29) is 6.10 Å². The summed E-state index contributed by atoms with van der Waals surface area (Å²) in [7, 11) is 1.97. The summed E-state index contributed by atoms with van der Waals surface area (Å²) in [5.41, 5.74) is 2.47. The van der Waals surface area contributed by atoms with Crippen LogP contribution in [-0.4, -0.2) is 35.7 Å². The van der Waals surface area contributed by atoms with Gasteiger partial charge < -0.3 is 20.3 Å². The van der Waals surface area contributed by atoms with Crippen LogP contribution in [0.5, 0.6) is 5.75 Å². The number of aryl methyl sites for hydroxylation is 1. The van der Waals surface area contributed by atoms with Gasteiger partial charge in [-0.3, -0.25) is 0 Å². The molecule has 1 atom stereocenters. The molecular formula is C19H23NO5. The molecular weight excluding hydrogens is 322 g/mol. The Labute approximate surface area is 147 Å². The van der Waals surface area contributed by atoms with E-state index >= 15 is 0 Å². The summed E-state index contributed by atoms with van der Waals surface area (Å²) < 4.78 is 6.12. The fraction of sp³-hybridized carbons (Fsp3) is 0.263. The third-order valence-electron chi connectivity index (χ3n) is 3.31. The average molecular weight is 345 g/mol. The molecule has 0 fully saturated rings. The lowest BCUT2D eigenvalue weighted by Crippen LogP contribution is -2.16. The van der Waals surface area contributed by atoms with Gasteiger partial charge >= 0.3 is 11.9 Å². The largest absolute Gasteiger partial charge is 0.486 e. The Balaban J connectivity index is 0.000000450. The third-order valence-corrected chi connectivity index (χ3v) is 3.31. The number of rotatable bonds is 6. The highest BCUT2D eigenvalue weighted by atomic mass is 16.5. The normalized spacial score (nSPS) is 11.0. The van der Waals surface area contributed by atoms with E-state index in [1.807, 2.05) is 25.2 Å². The van der Waals surface area contributed by atoms with Crippen molar-refractivity contribution in [3.05, 3.63) is 65.7 Å². The fourth-order valence-corrected chi connectivity index (χ4v) is 2.02. The van der Waals surface area contributed by atoms with Crippen LogP contribution in [0.15, 0.2) is 54.6 Å². The van der Waals surface area contributed by atoms with Crippen LogP contribution in [0.1, 0.15) is 23.7 Å². The molecule has 2 aromatic rings. The van der Waals surface area contributed by atoms with Crippen molar-refractivity contribution in [2.75, 3.05) is 13.6 Å². The van der Waals surface area contributed by atoms with Crippen molar-refractivity contribution in [1.29, 1.82) is 0 Å². The number of hydrogen-bond donors (Lipinski definition) is 3. The highest BCUT2D eigenvalue weighted by Crippen LogP contribution is 2.24. The monoisotopic (exact) mass is 345 g/mol. The Kier molecular flexibility index (Phi) is 8.74. The van der Waals surface area contributed by atoms with Crippen LogP contribution < -0.4 is 10.1 Å². The van der Waals surface area contributed by atoms with E-state index in [1.54, 1.807) is 0 Å². The summed E-state index contributed by atoms with van der Waals surface area (Å²) in [6, 6.07) is 18.6. The van der Waals surface area contributed by atoms with Crippen molar-refractivity contribution in [1.82, 2.24) is 5.32 Å². The quantitative estimate of drug-likeness (QED) is 0.697. The number of nitrogens with one attached hydrogen (secondary N) is 1. The predicted molar refractivity (Wildman–Crippen MR) is 94.8 cm³/mol. The first-order valence-electron chi connectivity index (χ1n) is 7.83. The standard InChI is InChI=1S/C17H21NO.C2H2O4/c1-14-8-10-16(11-9-14)19-17(12-13-18-2)15-6-4-3-5-7-15;3-1(4)2(5)6/h3-11,17-18H,12-13H2,1-2H3;(H,3,4)(H,5,6). The van der Waals surface area contributed by atoms with Crippen molar-refractivity contribution in [2.45, 2.75) is 19.4 Å². The number of benzene rings is 2. The first-order chi connectivity index (χ1) is 11.9. The maximum Gasteiger partial charge on any atom is 0.414 e. The zero-order chi connectivity index (χ0) is 18.7. The van der Waals surface area contributed by atoms with E-state index in [2.05, 4.69) is 48.6 Å². The van der Waals surface area contributed by atoms with Gasteiger partial charge in [-0.15, -0.1) is 0 Å². The number of carboxylic acids is 2. The first-order valence-corrected chi connectivity index (χ1v) is 7.83. The highest BCUT2D eigenvalue weighted by Gasteiger charge is 2.12. The van der Waals surface area contributed by atoms with Crippen LogP contribution in [0.4, 0.5) is 0 Å². The van der Waals surface area contributed by atoms with Crippen LogP contribution in [-0.2, 0) is 9.59 Å². The molecule has 0 spiro atoms. The van der Waals surface area contributed by atoms with E-state index in [0.717, 1.165) is 18.7 Å². The van der Waals surface area contributed by atoms with Crippen LogP contribution in [0, 0.1) is 6.92 Å². The lowest BCUT2D eigenvalue weighted by molar-refractivity contribution is -0.159. The van der Waals surface area contributed by atoms with Crippen molar-refractivity contribution >= 4 is 11.9 Å². The van der Waals surface area contributed by atoms with Gasteiger partial charge in [0.15, 0.2) is 0 Å². The van der Waals surface area contributed by atoms with Crippen LogP contribution in [0.2, 0.25) is 0 Å². The molecule has 0 saturated heterocycles. The van der Waals surface area contributed by atoms with Crippen molar-refractivity contribution < 1.29 is 24.5 Å². The number of aliphatic carboxylic acids is 2. The molecule has 0 aromatic heterocycles. The Morgan fingerprint density at radius 2 is 1.56 bits per heavy atom. The zero-order valence-corrected chi connectivity index (χ0v) is 14.3. The fourth-order valence-electron chi connectivity index (χ4n) is 2.02. The average Bonchev–Trinajstić information content (AvgIpc) is 2.61. The topological polar surface area (TPSA) is 95.9 Å². The zero-order valence-electron chi connectivity index (χ0n) is 14.3. The minimum absolute atomic E-state index is 0.0938. The molecule has 2 aromatic carbocycles. The summed E-state index contributed by atoms with van der Waals surface area (Å²) in [6.45, 7) is 3.02. The molecule has 0 aliphatic heterocycles. The van der Waals surface area contributed by atoms with E-state index in [1.165, 1.54) is 11.1 Å².